The van der Waals surface area contributed by atoms with Crippen LogP contribution < -0.4 is 0 Å². The van der Waals surface area contributed by atoms with Crippen molar-refractivity contribution in [1.82, 2.24) is 4.90 Å². The van der Waals surface area contributed by atoms with E-state index in [1.54, 1.807) is 17.1 Å². The first-order chi connectivity index (χ1) is 10.4. The molecule has 0 amide bonds. The highest BCUT2D eigenvalue weighted by Gasteiger charge is 2.26. The van der Waals surface area contributed by atoms with Gasteiger partial charge in [0.15, 0.2) is 6.23 Å². The van der Waals surface area contributed by atoms with E-state index in [0.717, 1.165) is 11.8 Å². The molecule has 1 N–H and O–H groups in total. The summed E-state index contributed by atoms with van der Waals surface area (Å²) in [6.45, 7) is 5.90. The van der Waals surface area contributed by atoms with Crippen LogP contribution in [0.1, 0.15) is 12.5 Å². The van der Waals surface area contributed by atoms with Crippen LogP contribution in [0.4, 0.5) is 8.78 Å². The highest BCUT2D eigenvalue weighted by atomic mass is 79.9. The summed E-state index contributed by atoms with van der Waals surface area (Å²) in [5.41, 5.74) is 1.04. The van der Waals surface area contributed by atoms with Crippen LogP contribution in [-0.4, -0.2) is 22.8 Å². The number of allylic oxidation sites excluding steroid dienone is 2. The maximum Gasteiger partial charge on any atom is 0.163 e. The van der Waals surface area contributed by atoms with Gasteiger partial charge < -0.3 is 14.7 Å². The normalized spacial score (nSPS) is 18.3. The summed E-state index contributed by atoms with van der Waals surface area (Å²) in [4.78, 5) is 1.72. The van der Waals surface area contributed by atoms with Crippen LogP contribution in [0.5, 0.6) is 0 Å². The highest BCUT2D eigenvalue weighted by molar-refractivity contribution is 9.11. The fraction of sp³-hybridized carbons (Fsp3) is 0.250. The number of nitrogens with zero attached hydrogens (tertiary/aromatic N) is 1. The molecule has 1 aromatic rings. The van der Waals surface area contributed by atoms with E-state index in [1.807, 2.05) is 6.92 Å². The van der Waals surface area contributed by atoms with E-state index >= 15 is 0 Å². The van der Waals surface area contributed by atoms with Gasteiger partial charge in [-0.2, -0.15) is 0 Å². The van der Waals surface area contributed by atoms with Gasteiger partial charge in [-0.3, -0.25) is 0 Å². The summed E-state index contributed by atoms with van der Waals surface area (Å²) < 4.78 is 32.5. The SMILES string of the molecule is C=CCN1C(C)=CC(OCc2ccc(F)cc2F)=C(Br)C1O. The predicted octanol–water partition coefficient (Wildman–Crippen LogP) is 3.81. The van der Waals surface area contributed by atoms with Crippen LogP contribution in [0.25, 0.3) is 0 Å². The topological polar surface area (TPSA) is 32.7 Å². The summed E-state index contributed by atoms with van der Waals surface area (Å²) in [5.74, 6) is -0.887. The maximum atomic E-state index is 13.6. The zero-order valence-corrected chi connectivity index (χ0v) is 13.6. The molecule has 0 radical (unpaired) electrons. The first-order valence-electron chi connectivity index (χ1n) is 6.64. The third kappa shape index (κ3) is 3.56. The molecule has 2 rings (SSSR count). The molecule has 22 heavy (non-hydrogen) atoms. The number of benzene rings is 1. The van der Waals surface area contributed by atoms with Crippen LogP contribution in [0.2, 0.25) is 0 Å². The molecule has 1 unspecified atom stereocenters. The van der Waals surface area contributed by atoms with Crippen molar-refractivity contribution < 1.29 is 18.6 Å². The molecule has 1 aliphatic rings. The molecule has 0 aromatic heterocycles. The van der Waals surface area contributed by atoms with Gasteiger partial charge in [-0.15, -0.1) is 6.58 Å². The van der Waals surface area contributed by atoms with Crippen molar-refractivity contribution in [2.75, 3.05) is 6.54 Å². The molecule has 0 fully saturated rings. The lowest BCUT2D eigenvalue weighted by Gasteiger charge is -2.33. The summed E-state index contributed by atoms with van der Waals surface area (Å²) in [7, 11) is 0. The van der Waals surface area contributed by atoms with Crippen molar-refractivity contribution in [2.45, 2.75) is 19.8 Å². The van der Waals surface area contributed by atoms with Gasteiger partial charge in [-0.05, 0) is 35.0 Å². The lowest BCUT2D eigenvalue weighted by atomic mass is 10.2. The molecule has 6 heteroatoms. The van der Waals surface area contributed by atoms with E-state index in [1.165, 1.54) is 12.1 Å². The Morgan fingerprint density at radius 2 is 2.18 bits per heavy atom. The third-order valence-corrected chi connectivity index (χ3v) is 4.07. The summed E-state index contributed by atoms with van der Waals surface area (Å²) >= 11 is 3.29. The monoisotopic (exact) mass is 371 g/mol. The van der Waals surface area contributed by atoms with Crippen molar-refractivity contribution in [1.29, 1.82) is 0 Å². The molecule has 0 saturated heterocycles. The Balaban J connectivity index is 2.14. The summed E-state index contributed by atoms with van der Waals surface area (Å²) in [5, 5.41) is 10.2. The van der Waals surface area contributed by atoms with Crippen molar-refractivity contribution in [3.63, 3.8) is 0 Å². The first kappa shape index (κ1) is 16.7. The molecule has 1 aromatic carbocycles. The average molecular weight is 372 g/mol. The summed E-state index contributed by atoms with van der Waals surface area (Å²) in [6.07, 6.45) is 2.53. The number of halogens is 3. The number of aliphatic hydroxyl groups excluding tert-OH is 1. The average Bonchev–Trinajstić information content (AvgIpc) is 2.47. The minimum absolute atomic E-state index is 0.0610. The predicted molar refractivity (Wildman–Crippen MR) is 83.8 cm³/mol. The first-order valence-corrected chi connectivity index (χ1v) is 7.43. The maximum absolute atomic E-state index is 13.6. The Bertz CT molecular complexity index is 643. The van der Waals surface area contributed by atoms with Gasteiger partial charge in [0, 0.05) is 29.9 Å². The molecule has 0 bridgehead atoms. The highest BCUT2D eigenvalue weighted by Crippen LogP contribution is 2.30. The largest absolute Gasteiger partial charge is 0.488 e. The molecule has 0 saturated carbocycles. The molecule has 3 nitrogen and oxygen atoms in total. The van der Waals surface area contributed by atoms with Crippen molar-refractivity contribution in [3.05, 3.63) is 70.1 Å². The second-order valence-corrected chi connectivity index (χ2v) is 5.69. The number of rotatable bonds is 5. The Morgan fingerprint density at radius 3 is 2.82 bits per heavy atom. The number of ether oxygens (including phenoxy) is 1. The molecule has 0 spiro atoms. The standard InChI is InChI=1S/C16H16BrF2NO2/c1-3-6-20-10(2)7-14(15(17)16(20)21)22-9-11-4-5-12(18)8-13(11)19/h3-5,7-8,16,21H,1,6,9H2,2H3. The summed E-state index contributed by atoms with van der Waals surface area (Å²) in [6, 6.07) is 3.32. The van der Waals surface area contributed by atoms with E-state index in [0.29, 0.717) is 16.8 Å². The molecule has 118 valence electrons. The lowest BCUT2D eigenvalue weighted by Crippen LogP contribution is -2.37. The van der Waals surface area contributed by atoms with Gasteiger partial charge in [0.1, 0.15) is 24.0 Å². The van der Waals surface area contributed by atoms with Gasteiger partial charge in [0.25, 0.3) is 0 Å². The third-order valence-electron chi connectivity index (χ3n) is 3.27. The van der Waals surface area contributed by atoms with Gasteiger partial charge in [-0.25, -0.2) is 8.78 Å². The molecule has 1 atom stereocenters. The Kier molecular flexibility index (Phi) is 5.37. The van der Waals surface area contributed by atoms with Gasteiger partial charge in [0.2, 0.25) is 0 Å². The number of hydrogen-bond acceptors (Lipinski definition) is 3. The van der Waals surface area contributed by atoms with E-state index in [9.17, 15) is 13.9 Å². The fourth-order valence-electron chi connectivity index (χ4n) is 2.09. The molecule has 1 aliphatic heterocycles. The second kappa shape index (κ2) is 7.07. The van der Waals surface area contributed by atoms with Crippen LogP contribution >= 0.6 is 15.9 Å². The minimum atomic E-state index is -0.893. The number of aliphatic hydroxyl groups is 1. The molecule has 0 aliphatic carbocycles. The lowest BCUT2D eigenvalue weighted by molar-refractivity contribution is 0.0632. The Hall–Kier alpha value is -1.66. The van der Waals surface area contributed by atoms with Gasteiger partial charge >= 0.3 is 0 Å². The number of hydrogen-bond donors (Lipinski definition) is 1. The van der Waals surface area contributed by atoms with Crippen LogP contribution in [0.15, 0.2) is 52.9 Å². The molecular formula is C16H16BrF2NO2. The van der Waals surface area contributed by atoms with Gasteiger partial charge in [-0.1, -0.05) is 6.08 Å². The van der Waals surface area contributed by atoms with Crippen LogP contribution in [0, 0.1) is 11.6 Å². The van der Waals surface area contributed by atoms with Crippen molar-refractivity contribution >= 4 is 15.9 Å². The molecular weight excluding hydrogens is 356 g/mol. The van der Waals surface area contributed by atoms with Crippen molar-refractivity contribution in [3.8, 4) is 0 Å². The molecule has 1 heterocycles. The van der Waals surface area contributed by atoms with Gasteiger partial charge in [0.05, 0.1) is 4.48 Å². The Morgan fingerprint density at radius 1 is 1.45 bits per heavy atom. The van der Waals surface area contributed by atoms with Crippen LogP contribution in [0.3, 0.4) is 0 Å². The van der Waals surface area contributed by atoms with E-state index in [-0.39, 0.29) is 12.2 Å². The van der Waals surface area contributed by atoms with Crippen LogP contribution in [-0.2, 0) is 11.3 Å². The quantitative estimate of drug-likeness (QED) is 0.798. The zero-order valence-electron chi connectivity index (χ0n) is 12.0. The second-order valence-electron chi connectivity index (χ2n) is 4.84. The Labute approximate surface area is 136 Å². The van der Waals surface area contributed by atoms with E-state index < -0.39 is 17.9 Å². The zero-order chi connectivity index (χ0) is 16.3. The van der Waals surface area contributed by atoms with E-state index in [2.05, 4.69) is 22.5 Å². The smallest absolute Gasteiger partial charge is 0.163 e. The van der Waals surface area contributed by atoms with E-state index in [4.69, 9.17) is 4.74 Å². The minimum Gasteiger partial charge on any atom is -0.488 e. The fourth-order valence-corrected chi connectivity index (χ4v) is 2.56. The van der Waals surface area contributed by atoms with Crippen molar-refractivity contribution in [2.24, 2.45) is 0 Å².